The third-order valence-corrected chi connectivity index (χ3v) is 7.43. The van der Waals surface area contributed by atoms with E-state index < -0.39 is 12.0 Å². The highest BCUT2D eigenvalue weighted by Crippen LogP contribution is 2.31. The van der Waals surface area contributed by atoms with Crippen molar-refractivity contribution in [3.8, 4) is 5.75 Å². The predicted octanol–water partition coefficient (Wildman–Crippen LogP) is 5.03. The summed E-state index contributed by atoms with van der Waals surface area (Å²) in [4.78, 5) is 31.9. The number of halogens is 1. The van der Waals surface area contributed by atoms with Crippen LogP contribution in [0, 0.1) is 0 Å². The van der Waals surface area contributed by atoms with E-state index in [1.54, 1.807) is 4.57 Å². The molecule has 4 aromatic rings. The molecule has 0 radical (unpaired) electrons. The molecule has 0 saturated heterocycles. The van der Waals surface area contributed by atoms with Crippen LogP contribution < -0.4 is 19.6 Å². The summed E-state index contributed by atoms with van der Waals surface area (Å²) in [6, 6.07) is 23.9. The van der Waals surface area contributed by atoms with Crippen LogP contribution in [0.5, 0.6) is 5.75 Å². The molecule has 1 aliphatic rings. The van der Waals surface area contributed by atoms with Crippen molar-refractivity contribution in [2.75, 3.05) is 7.11 Å². The van der Waals surface area contributed by atoms with Gasteiger partial charge in [-0.15, -0.1) is 0 Å². The average Bonchev–Trinajstić information content (AvgIpc) is 3.25. The molecule has 1 aromatic heterocycles. The number of rotatable bonds is 7. The third kappa shape index (κ3) is 5.21. The second-order valence-electron chi connectivity index (χ2n) is 8.69. The number of aromatic nitrogens is 1. The Morgan fingerprint density at radius 1 is 1.08 bits per heavy atom. The van der Waals surface area contributed by atoms with Gasteiger partial charge in [0.15, 0.2) is 4.80 Å². The van der Waals surface area contributed by atoms with Gasteiger partial charge < -0.3 is 9.47 Å². The lowest BCUT2D eigenvalue weighted by molar-refractivity contribution is -0.136. The van der Waals surface area contributed by atoms with Crippen LogP contribution in [0.2, 0.25) is 5.02 Å². The molecule has 0 bridgehead atoms. The fourth-order valence-electron chi connectivity index (χ4n) is 4.45. The molecule has 3 aromatic carbocycles. The van der Waals surface area contributed by atoms with Crippen molar-refractivity contribution in [1.29, 1.82) is 0 Å². The van der Waals surface area contributed by atoms with Crippen LogP contribution in [-0.4, -0.2) is 17.6 Å². The summed E-state index contributed by atoms with van der Waals surface area (Å²) in [6.07, 6.45) is 2.36. The van der Waals surface area contributed by atoms with Crippen molar-refractivity contribution >= 4 is 35.0 Å². The molecule has 192 valence electrons. The summed E-state index contributed by atoms with van der Waals surface area (Å²) >= 11 is 7.37. The number of methoxy groups -OCH3 is 1. The maximum absolute atomic E-state index is 13.7. The van der Waals surface area contributed by atoms with Crippen molar-refractivity contribution in [3.63, 3.8) is 0 Å². The number of nitrogens with zero attached hydrogens (tertiary/aromatic N) is 2. The Kier molecular flexibility index (Phi) is 7.58. The molecule has 0 N–H and O–H groups in total. The zero-order valence-electron chi connectivity index (χ0n) is 20.9. The Morgan fingerprint density at radius 2 is 1.87 bits per heavy atom. The Hall–Kier alpha value is -3.94. The molecule has 2 heterocycles. The van der Waals surface area contributed by atoms with Crippen molar-refractivity contribution in [2.24, 2.45) is 4.99 Å². The number of ether oxygens (including phenoxy) is 2. The van der Waals surface area contributed by atoms with Gasteiger partial charge in [0.1, 0.15) is 12.4 Å². The molecular weight excluding hydrogens is 520 g/mol. The number of carbonyl (C=O) groups is 1. The second-order valence-corrected chi connectivity index (χ2v) is 10.1. The van der Waals surface area contributed by atoms with Crippen molar-refractivity contribution < 1.29 is 14.3 Å². The van der Waals surface area contributed by atoms with Crippen LogP contribution in [0.15, 0.2) is 99.9 Å². The van der Waals surface area contributed by atoms with Gasteiger partial charge in [0.05, 0.1) is 29.0 Å². The van der Waals surface area contributed by atoms with E-state index in [0.29, 0.717) is 44.4 Å². The van der Waals surface area contributed by atoms with Gasteiger partial charge in [0, 0.05) is 5.02 Å². The van der Waals surface area contributed by atoms with E-state index in [1.807, 2.05) is 91.9 Å². The minimum Gasteiger partial charge on any atom is -0.489 e. The van der Waals surface area contributed by atoms with Crippen LogP contribution in [0.3, 0.4) is 0 Å². The van der Waals surface area contributed by atoms with E-state index in [2.05, 4.69) is 0 Å². The number of thiazole rings is 1. The lowest BCUT2D eigenvalue weighted by Crippen LogP contribution is -2.40. The standard InChI is InChI=1S/C30H25ClN2O4S/c1-3-24-26(29(35)36-2)27(21-11-5-4-6-12-21)33-28(34)25(38-30(33)32-24)17-19-9-8-14-23(16-19)37-18-20-10-7-13-22(31)15-20/h4-17,27H,3,18H2,1-2H3/b25-17+/t27-/m1/s1. The molecular formula is C30H25ClN2O4S. The Labute approximate surface area is 228 Å². The van der Waals surface area contributed by atoms with Gasteiger partial charge in [0.25, 0.3) is 5.56 Å². The zero-order valence-corrected chi connectivity index (χ0v) is 22.5. The number of hydrogen-bond donors (Lipinski definition) is 0. The van der Waals surface area contributed by atoms with Crippen molar-refractivity contribution in [2.45, 2.75) is 26.0 Å². The third-order valence-electron chi connectivity index (χ3n) is 6.22. The number of allylic oxidation sites excluding steroid dienone is 1. The molecule has 8 heteroatoms. The minimum absolute atomic E-state index is 0.218. The molecule has 1 aliphatic heterocycles. The maximum Gasteiger partial charge on any atom is 0.338 e. The summed E-state index contributed by atoms with van der Waals surface area (Å²) in [7, 11) is 1.34. The highest BCUT2D eigenvalue weighted by Gasteiger charge is 2.33. The molecule has 0 amide bonds. The molecule has 0 aliphatic carbocycles. The summed E-state index contributed by atoms with van der Waals surface area (Å²) < 4.78 is 13.2. The fraction of sp³-hybridized carbons (Fsp3) is 0.167. The first-order chi connectivity index (χ1) is 18.5. The van der Waals surface area contributed by atoms with E-state index in [-0.39, 0.29) is 5.56 Å². The van der Waals surface area contributed by atoms with Gasteiger partial charge in [-0.25, -0.2) is 9.79 Å². The van der Waals surface area contributed by atoms with Crippen LogP contribution >= 0.6 is 22.9 Å². The van der Waals surface area contributed by atoms with E-state index in [4.69, 9.17) is 26.1 Å². The minimum atomic E-state index is -0.621. The van der Waals surface area contributed by atoms with Gasteiger partial charge in [-0.2, -0.15) is 0 Å². The number of benzene rings is 3. The quantitative estimate of drug-likeness (QED) is 0.306. The van der Waals surface area contributed by atoms with Gasteiger partial charge in [-0.05, 0) is 53.5 Å². The Morgan fingerprint density at radius 3 is 2.61 bits per heavy atom. The predicted molar refractivity (Wildman–Crippen MR) is 149 cm³/mol. The molecule has 0 spiro atoms. The molecule has 6 nitrogen and oxygen atoms in total. The molecule has 38 heavy (non-hydrogen) atoms. The number of carbonyl (C=O) groups excluding carboxylic acids is 1. The zero-order chi connectivity index (χ0) is 26.6. The normalized spacial score (nSPS) is 15.1. The van der Waals surface area contributed by atoms with Gasteiger partial charge in [0.2, 0.25) is 0 Å². The molecule has 1 atom stereocenters. The topological polar surface area (TPSA) is 69.9 Å². The van der Waals surface area contributed by atoms with E-state index in [9.17, 15) is 9.59 Å². The van der Waals surface area contributed by atoms with Crippen molar-refractivity contribution in [3.05, 3.63) is 132 Å². The monoisotopic (exact) mass is 544 g/mol. The summed E-state index contributed by atoms with van der Waals surface area (Å²) in [5, 5.41) is 0.658. The van der Waals surface area contributed by atoms with Gasteiger partial charge >= 0.3 is 5.97 Å². The molecule has 5 rings (SSSR count). The largest absolute Gasteiger partial charge is 0.489 e. The highest BCUT2D eigenvalue weighted by atomic mass is 35.5. The van der Waals surface area contributed by atoms with Crippen LogP contribution in [0.1, 0.15) is 36.1 Å². The van der Waals surface area contributed by atoms with Crippen LogP contribution in [0.4, 0.5) is 0 Å². The first kappa shape index (κ1) is 25.7. The summed E-state index contributed by atoms with van der Waals surface area (Å²) in [5.74, 6) is 0.188. The van der Waals surface area contributed by atoms with E-state index in [1.165, 1.54) is 18.4 Å². The van der Waals surface area contributed by atoms with E-state index in [0.717, 1.165) is 16.7 Å². The lowest BCUT2D eigenvalue weighted by atomic mass is 9.95. The smallest absolute Gasteiger partial charge is 0.338 e. The highest BCUT2D eigenvalue weighted by molar-refractivity contribution is 7.07. The first-order valence-electron chi connectivity index (χ1n) is 12.1. The molecule has 0 fully saturated rings. The van der Waals surface area contributed by atoms with Gasteiger partial charge in [-0.1, -0.05) is 84.5 Å². The van der Waals surface area contributed by atoms with Crippen LogP contribution in [-0.2, 0) is 16.1 Å². The Balaban J connectivity index is 1.55. The lowest BCUT2D eigenvalue weighted by Gasteiger charge is -2.25. The second kappa shape index (κ2) is 11.2. The van der Waals surface area contributed by atoms with Crippen LogP contribution in [0.25, 0.3) is 6.08 Å². The van der Waals surface area contributed by atoms with Gasteiger partial charge in [-0.3, -0.25) is 9.36 Å². The first-order valence-corrected chi connectivity index (χ1v) is 13.3. The SMILES string of the molecule is CCC1=C(C(=O)OC)[C@@H](c2ccccc2)n2c(s/c(=C/c3cccc(OCc4cccc(Cl)c4)c3)c2=O)=N1. The van der Waals surface area contributed by atoms with Crippen molar-refractivity contribution in [1.82, 2.24) is 4.57 Å². The summed E-state index contributed by atoms with van der Waals surface area (Å²) in [5.41, 5.74) is 3.39. The molecule has 0 saturated carbocycles. The number of fused-ring (bicyclic) bond motifs is 1. The average molecular weight is 545 g/mol. The Bertz CT molecular complexity index is 1710. The number of esters is 1. The number of hydrogen-bond acceptors (Lipinski definition) is 6. The fourth-order valence-corrected chi connectivity index (χ4v) is 5.69. The maximum atomic E-state index is 13.7. The summed E-state index contributed by atoms with van der Waals surface area (Å²) in [6.45, 7) is 2.31. The molecule has 0 unspecified atom stereocenters. The van der Waals surface area contributed by atoms with E-state index >= 15 is 0 Å².